The molecule has 0 rings (SSSR count). The van der Waals surface area contributed by atoms with Crippen molar-refractivity contribution in [3.8, 4) is 0 Å². The number of amides is 3. The molecule has 0 atom stereocenters. The molecule has 3 amide bonds. The van der Waals surface area contributed by atoms with E-state index in [0.717, 1.165) is 0 Å². The van der Waals surface area contributed by atoms with Gasteiger partial charge in [0.2, 0.25) is 11.8 Å². The second-order valence-electron chi connectivity index (χ2n) is 2.77. The molecular formula is C8H15N3O4. The van der Waals surface area contributed by atoms with Gasteiger partial charge in [-0.05, 0) is 0 Å². The van der Waals surface area contributed by atoms with Gasteiger partial charge in [0.15, 0.2) is 0 Å². The molecule has 0 aromatic carbocycles. The fourth-order valence-corrected chi connectivity index (χ4v) is 0.738. The molecule has 0 spiro atoms. The lowest BCUT2D eigenvalue weighted by atomic mass is 10.4. The highest BCUT2D eigenvalue weighted by atomic mass is 16.5. The van der Waals surface area contributed by atoms with Gasteiger partial charge in [-0.2, -0.15) is 0 Å². The maximum absolute atomic E-state index is 11.3. The monoisotopic (exact) mass is 217 g/mol. The number of hydrogen-bond acceptors (Lipinski definition) is 4. The molecule has 0 bridgehead atoms. The van der Waals surface area contributed by atoms with E-state index in [4.69, 9.17) is 0 Å². The molecule has 0 aliphatic rings. The lowest BCUT2D eigenvalue weighted by Crippen LogP contribution is -2.42. The minimum Gasteiger partial charge on any atom is -0.453 e. The number of nitrogens with one attached hydrogen (secondary N) is 2. The molecule has 7 nitrogen and oxygen atoms in total. The lowest BCUT2D eigenvalue weighted by Gasteiger charge is -2.15. The van der Waals surface area contributed by atoms with E-state index in [0.29, 0.717) is 0 Å². The first-order chi connectivity index (χ1) is 7.01. The van der Waals surface area contributed by atoms with Gasteiger partial charge in [-0.1, -0.05) is 0 Å². The Kier molecular flexibility index (Phi) is 5.84. The lowest BCUT2D eigenvalue weighted by molar-refractivity contribution is -0.133. The van der Waals surface area contributed by atoms with Crippen LogP contribution in [0.1, 0.15) is 0 Å². The van der Waals surface area contributed by atoms with Gasteiger partial charge < -0.3 is 20.3 Å². The molecule has 15 heavy (non-hydrogen) atoms. The van der Waals surface area contributed by atoms with Gasteiger partial charge in [0.05, 0.1) is 13.7 Å². The largest absolute Gasteiger partial charge is 0.453 e. The molecule has 86 valence electrons. The molecule has 2 N–H and O–H groups in total. The zero-order valence-electron chi connectivity index (χ0n) is 8.99. The minimum absolute atomic E-state index is 0.0435. The van der Waals surface area contributed by atoms with Crippen LogP contribution >= 0.6 is 0 Å². The zero-order chi connectivity index (χ0) is 11.8. The van der Waals surface area contributed by atoms with Crippen LogP contribution in [0.2, 0.25) is 0 Å². The molecule has 0 heterocycles. The second-order valence-corrected chi connectivity index (χ2v) is 2.77. The summed E-state index contributed by atoms with van der Waals surface area (Å²) in [7, 11) is 4.15. The highest BCUT2D eigenvalue weighted by molar-refractivity contribution is 5.86. The summed E-state index contributed by atoms with van der Waals surface area (Å²) in [6.07, 6.45) is -0.684. The summed E-state index contributed by atoms with van der Waals surface area (Å²) in [4.78, 5) is 34.0. The molecule has 0 radical (unpaired) electrons. The molecule has 0 fully saturated rings. The molecule has 0 saturated carbocycles. The third-order valence-electron chi connectivity index (χ3n) is 1.65. The van der Waals surface area contributed by atoms with Gasteiger partial charge in [-0.3, -0.25) is 9.59 Å². The number of nitrogens with zero attached hydrogens (tertiary/aromatic N) is 1. The van der Waals surface area contributed by atoms with E-state index < -0.39 is 6.09 Å². The molecule has 0 aromatic heterocycles. The Morgan fingerprint density at radius 1 is 1.33 bits per heavy atom. The Morgan fingerprint density at radius 3 is 2.40 bits per heavy atom. The van der Waals surface area contributed by atoms with Crippen LogP contribution in [-0.4, -0.2) is 57.1 Å². The Bertz CT molecular complexity index is 254. The van der Waals surface area contributed by atoms with E-state index in [-0.39, 0.29) is 24.9 Å². The number of ether oxygens (including phenoxy) is 1. The molecular weight excluding hydrogens is 202 g/mol. The summed E-state index contributed by atoms with van der Waals surface area (Å²) in [5, 5.41) is 4.60. The molecule has 7 heteroatoms. The highest BCUT2D eigenvalue weighted by Crippen LogP contribution is 1.84. The SMILES string of the molecule is CNC(=O)CN(C)C(=O)CNC(=O)OC. The highest BCUT2D eigenvalue weighted by Gasteiger charge is 2.12. The number of likely N-dealkylation sites (N-methyl/N-ethyl adjacent to an activating group) is 2. The third kappa shape index (κ3) is 5.50. The number of hydrogen-bond donors (Lipinski definition) is 2. The van der Waals surface area contributed by atoms with Crippen molar-refractivity contribution in [2.24, 2.45) is 0 Å². The summed E-state index contributed by atoms with van der Waals surface area (Å²) in [5.74, 6) is -0.645. The van der Waals surface area contributed by atoms with Crippen LogP contribution in [0.3, 0.4) is 0 Å². The summed E-state index contributed by atoms with van der Waals surface area (Å²) >= 11 is 0. The molecule has 0 aromatic rings. The first-order valence-corrected chi connectivity index (χ1v) is 4.27. The molecule has 0 unspecified atom stereocenters. The van der Waals surface area contributed by atoms with E-state index >= 15 is 0 Å². The van der Waals surface area contributed by atoms with Gasteiger partial charge in [0.25, 0.3) is 0 Å². The van der Waals surface area contributed by atoms with Gasteiger partial charge in [-0.25, -0.2) is 4.79 Å². The van der Waals surface area contributed by atoms with E-state index in [9.17, 15) is 14.4 Å². The number of carbonyl (C=O) groups is 3. The van der Waals surface area contributed by atoms with Gasteiger partial charge >= 0.3 is 6.09 Å². The fourth-order valence-electron chi connectivity index (χ4n) is 0.738. The Hall–Kier alpha value is -1.79. The molecule has 0 aliphatic carbocycles. The van der Waals surface area contributed by atoms with Crippen LogP contribution in [0.25, 0.3) is 0 Å². The zero-order valence-corrected chi connectivity index (χ0v) is 8.99. The van der Waals surface area contributed by atoms with Gasteiger partial charge in [-0.15, -0.1) is 0 Å². The van der Waals surface area contributed by atoms with Crippen LogP contribution in [0.4, 0.5) is 4.79 Å². The van der Waals surface area contributed by atoms with Crippen LogP contribution in [0.5, 0.6) is 0 Å². The van der Waals surface area contributed by atoms with Crippen molar-refractivity contribution in [1.29, 1.82) is 0 Å². The maximum Gasteiger partial charge on any atom is 0.407 e. The van der Waals surface area contributed by atoms with E-state index in [2.05, 4.69) is 15.4 Å². The van der Waals surface area contributed by atoms with Crippen molar-refractivity contribution in [1.82, 2.24) is 15.5 Å². The smallest absolute Gasteiger partial charge is 0.407 e. The normalized spacial score (nSPS) is 9.00. The van der Waals surface area contributed by atoms with Crippen LogP contribution in [0, 0.1) is 0 Å². The average Bonchev–Trinajstić information content (AvgIpc) is 2.24. The van der Waals surface area contributed by atoms with Crippen molar-refractivity contribution >= 4 is 17.9 Å². The second kappa shape index (κ2) is 6.63. The first kappa shape index (κ1) is 13.2. The van der Waals surface area contributed by atoms with Gasteiger partial charge in [0.1, 0.15) is 6.54 Å². The number of alkyl carbamates (subject to hydrolysis) is 1. The van der Waals surface area contributed by atoms with Crippen molar-refractivity contribution in [2.75, 3.05) is 34.3 Å². The predicted octanol–water partition coefficient (Wildman–Crippen LogP) is -1.45. The minimum atomic E-state index is -0.684. The Morgan fingerprint density at radius 2 is 1.93 bits per heavy atom. The van der Waals surface area contributed by atoms with Crippen LogP contribution in [-0.2, 0) is 14.3 Å². The average molecular weight is 217 g/mol. The number of carbonyl (C=O) groups excluding carboxylic acids is 3. The van der Waals surface area contributed by atoms with Crippen LogP contribution in [0.15, 0.2) is 0 Å². The van der Waals surface area contributed by atoms with Gasteiger partial charge in [0, 0.05) is 14.1 Å². The first-order valence-electron chi connectivity index (χ1n) is 4.27. The predicted molar refractivity (Wildman–Crippen MR) is 52.1 cm³/mol. The van der Waals surface area contributed by atoms with E-state index in [1.807, 2.05) is 0 Å². The van der Waals surface area contributed by atoms with Crippen LogP contribution < -0.4 is 10.6 Å². The quantitative estimate of drug-likeness (QED) is 0.603. The van der Waals surface area contributed by atoms with Crippen molar-refractivity contribution in [3.05, 3.63) is 0 Å². The van der Waals surface area contributed by atoms with Crippen molar-refractivity contribution < 1.29 is 19.1 Å². The summed E-state index contributed by atoms with van der Waals surface area (Å²) in [6, 6.07) is 0. The fraction of sp³-hybridized carbons (Fsp3) is 0.625. The summed E-state index contributed by atoms with van der Waals surface area (Å²) < 4.78 is 4.28. The number of rotatable bonds is 4. The summed E-state index contributed by atoms with van der Waals surface area (Å²) in [6.45, 7) is -0.238. The Balaban J connectivity index is 3.89. The Labute approximate surface area is 87.8 Å². The number of methoxy groups -OCH3 is 1. The third-order valence-corrected chi connectivity index (χ3v) is 1.65. The standard InChI is InChI=1S/C8H15N3O4/c1-9-6(12)5-11(2)7(13)4-10-8(14)15-3/h4-5H2,1-3H3,(H,9,12)(H,10,14). The summed E-state index contributed by atoms with van der Waals surface area (Å²) in [5.41, 5.74) is 0. The topological polar surface area (TPSA) is 87.7 Å². The van der Waals surface area contributed by atoms with Crippen molar-refractivity contribution in [3.63, 3.8) is 0 Å². The maximum atomic E-state index is 11.3. The van der Waals surface area contributed by atoms with E-state index in [1.165, 1.54) is 26.1 Å². The molecule has 0 aliphatic heterocycles. The van der Waals surface area contributed by atoms with E-state index in [1.54, 1.807) is 0 Å². The molecule has 0 saturated heterocycles. The van der Waals surface area contributed by atoms with Crippen molar-refractivity contribution in [2.45, 2.75) is 0 Å².